The highest BCUT2D eigenvalue weighted by atomic mass is 19.3. The number of rotatable bonds is 6. The lowest BCUT2D eigenvalue weighted by molar-refractivity contribution is -0.139. The Hall–Kier alpha value is -1.69. The van der Waals surface area contributed by atoms with E-state index < -0.39 is 18.6 Å². The summed E-state index contributed by atoms with van der Waals surface area (Å²) >= 11 is 0. The topological polar surface area (TPSA) is 58.6 Å². The fourth-order valence-electron chi connectivity index (χ4n) is 1.64. The predicted molar refractivity (Wildman–Crippen MR) is 59.6 cm³/mol. The minimum atomic E-state index is -2.88. The average molecular weight is 257 g/mol. The fraction of sp³-hybridized carbons (Fsp3) is 0.417. The molecule has 1 aliphatic carbocycles. The predicted octanol–water partition coefficient (Wildman–Crippen LogP) is 2.17. The quantitative estimate of drug-likeness (QED) is 0.820. The van der Waals surface area contributed by atoms with Crippen molar-refractivity contribution in [3.8, 4) is 5.75 Å². The maximum absolute atomic E-state index is 12.0. The summed E-state index contributed by atoms with van der Waals surface area (Å²) in [4.78, 5) is 11.1. The first-order valence-corrected chi connectivity index (χ1v) is 5.60. The molecule has 1 aliphatic rings. The van der Waals surface area contributed by atoms with E-state index in [0.717, 1.165) is 12.8 Å². The molecule has 1 fully saturated rings. The molecule has 1 aromatic rings. The Kier molecular flexibility index (Phi) is 3.76. The summed E-state index contributed by atoms with van der Waals surface area (Å²) in [6, 6.07) is 5.07. The highest BCUT2D eigenvalue weighted by molar-refractivity contribution is 5.75. The van der Waals surface area contributed by atoms with Gasteiger partial charge in [-0.25, -0.2) is 0 Å². The summed E-state index contributed by atoms with van der Waals surface area (Å²) in [5.74, 6) is -0.964. The molecule has 2 N–H and O–H groups in total. The lowest BCUT2D eigenvalue weighted by atomic mass is 10.1. The number of alkyl halides is 2. The van der Waals surface area contributed by atoms with Crippen LogP contribution in [0.5, 0.6) is 5.75 Å². The van der Waals surface area contributed by atoms with Gasteiger partial charge in [0.05, 0.1) is 0 Å². The van der Waals surface area contributed by atoms with Gasteiger partial charge in [-0.3, -0.25) is 10.1 Å². The third kappa shape index (κ3) is 3.40. The summed E-state index contributed by atoms with van der Waals surface area (Å²) in [6.07, 6.45) is 1.94. The first-order valence-electron chi connectivity index (χ1n) is 5.60. The molecule has 2 rings (SSSR count). The van der Waals surface area contributed by atoms with Gasteiger partial charge < -0.3 is 9.84 Å². The lowest BCUT2D eigenvalue weighted by Crippen LogP contribution is -2.30. The molecule has 0 heterocycles. The summed E-state index contributed by atoms with van der Waals surface area (Å²) < 4.78 is 28.1. The Morgan fingerprint density at radius 2 is 1.94 bits per heavy atom. The van der Waals surface area contributed by atoms with Gasteiger partial charge in [0, 0.05) is 6.04 Å². The van der Waals surface area contributed by atoms with Crippen LogP contribution in [0.25, 0.3) is 0 Å². The van der Waals surface area contributed by atoms with Crippen LogP contribution in [0.1, 0.15) is 24.4 Å². The van der Waals surface area contributed by atoms with Crippen LogP contribution in [0, 0.1) is 0 Å². The van der Waals surface area contributed by atoms with E-state index >= 15 is 0 Å². The SMILES string of the molecule is O=C(O)C(NC1CC1)c1ccc(OC(F)F)cc1. The number of hydrogen-bond donors (Lipinski definition) is 2. The molecule has 0 bridgehead atoms. The van der Waals surface area contributed by atoms with Crippen molar-refractivity contribution in [3.63, 3.8) is 0 Å². The van der Waals surface area contributed by atoms with Crippen molar-refractivity contribution in [2.45, 2.75) is 31.5 Å². The third-order valence-corrected chi connectivity index (χ3v) is 2.67. The van der Waals surface area contributed by atoms with Gasteiger partial charge in [0.25, 0.3) is 0 Å². The van der Waals surface area contributed by atoms with Gasteiger partial charge in [-0.2, -0.15) is 8.78 Å². The average Bonchev–Trinajstić information content (AvgIpc) is 3.10. The molecule has 0 aromatic heterocycles. The second-order valence-electron chi connectivity index (χ2n) is 4.16. The van der Waals surface area contributed by atoms with E-state index in [1.165, 1.54) is 24.3 Å². The van der Waals surface area contributed by atoms with Crippen molar-refractivity contribution in [3.05, 3.63) is 29.8 Å². The zero-order valence-electron chi connectivity index (χ0n) is 9.48. The number of benzene rings is 1. The number of hydrogen-bond acceptors (Lipinski definition) is 3. The minimum Gasteiger partial charge on any atom is -0.480 e. The van der Waals surface area contributed by atoms with Gasteiger partial charge >= 0.3 is 12.6 Å². The summed E-state index contributed by atoms with van der Waals surface area (Å²) in [6.45, 7) is -2.88. The van der Waals surface area contributed by atoms with Gasteiger partial charge in [0.15, 0.2) is 0 Å². The molecule has 0 aliphatic heterocycles. The minimum absolute atomic E-state index is 0.0179. The largest absolute Gasteiger partial charge is 0.480 e. The Morgan fingerprint density at radius 1 is 1.33 bits per heavy atom. The van der Waals surface area contributed by atoms with E-state index in [9.17, 15) is 13.6 Å². The summed E-state index contributed by atoms with van der Waals surface area (Å²) in [7, 11) is 0. The number of ether oxygens (including phenoxy) is 1. The van der Waals surface area contributed by atoms with Crippen LogP contribution in [0.2, 0.25) is 0 Å². The number of aliphatic carboxylic acids is 1. The molecule has 0 spiro atoms. The van der Waals surface area contributed by atoms with Crippen molar-refractivity contribution in [2.24, 2.45) is 0 Å². The Labute approximate surface area is 103 Å². The van der Waals surface area contributed by atoms with E-state index in [1.54, 1.807) is 0 Å². The number of carbonyl (C=O) groups is 1. The molecule has 0 amide bonds. The maximum Gasteiger partial charge on any atom is 0.387 e. The van der Waals surface area contributed by atoms with Crippen molar-refractivity contribution >= 4 is 5.97 Å². The highest BCUT2D eigenvalue weighted by Crippen LogP contribution is 2.25. The second kappa shape index (κ2) is 5.30. The molecule has 4 nitrogen and oxygen atoms in total. The van der Waals surface area contributed by atoms with Crippen LogP contribution in [0.3, 0.4) is 0 Å². The molecule has 1 aromatic carbocycles. The molecule has 6 heteroatoms. The van der Waals surface area contributed by atoms with Gasteiger partial charge in [0.1, 0.15) is 11.8 Å². The van der Waals surface area contributed by atoms with Crippen LogP contribution >= 0.6 is 0 Å². The van der Waals surface area contributed by atoms with Crippen molar-refractivity contribution < 1.29 is 23.4 Å². The van der Waals surface area contributed by atoms with E-state index in [-0.39, 0.29) is 11.8 Å². The van der Waals surface area contributed by atoms with Gasteiger partial charge in [-0.1, -0.05) is 12.1 Å². The molecule has 1 saturated carbocycles. The molecule has 1 atom stereocenters. The lowest BCUT2D eigenvalue weighted by Gasteiger charge is -2.14. The van der Waals surface area contributed by atoms with Crippen molar-refractivity contribution in [2.75, 3.05) is 0 Å². The van der Waals surface area contributed by atoms with Gasteiger partial charge in [0.2, 0.25) is 0 Å². The van der Waals surface area contributed by atoms with Crippen LogP contribution in [0.4, 0.5) is 8.78 Å². The molecule has 1 unspecified atom stereocenters. The molecule has 18 heavy (non-hydrogen) atoms. The second-order valence-corrected chi connectivity index (χ2v) is 4.16. The number of carboxylic acid groups (broad SMARTS) is 1. The first kappa shape index (κ1) is 12.8. The van der Waals surface area contributed by atoms with E-state index in [4.69, 9.17) is 5.11 Å². The summed E-state index contributed by atoms with van der Waals surface area (Å²) in [5, 5.41) is 12.1. The first-order chi connectivity index (χ1) is 8.56. The van der Waals surface area contributed by atoms with E-state index in [2.05, 4.69) is 10.1 Å². The van der Waals surface area contributed by atoms with Crippen LogP contribution in [-0.4, -0.2) is 23.7 Å². The zero-order valence-corrected chi connectivity index (χ0v) is 9.48. The Balaban J connectivity index is 2.07. The number of nitrogens with one attached hydrogen (secondary N) is 1. The molecule has 0 radical (unpaired) electrons. The molecule has 98 valence electrons. The Morgan fingerprint density at radius 3 is 2.39 bits per heavy atom. The molecular formula is C12H13F2NO3. The highest BCUT2D eigenvalue weighted by Gasteiger charge is 2.29. The van der Waals surface area contributed by atoms with Crippen molar-refractivity contribution in [1.29, 1.82) is 0 Å². The number of halogens is 2. The van der Waals surface area contributed by atoms with Crippen LogP contribution < -0.4 is 10.1 Å². The fourth-order valence-corrected chi connectivity index (χ4v) is 1.64. The maximum atomic E-state index is 12.0. The van der Waals surface area contributed by atoms with Crippen molar-refractivity contribution in [1.82, 2.24) is 5.32 Å². The van der Waals surface area contributed by atoms with Gasteiger partial charge in [-0.05, 0) is 30.5 Å². The normalized spacial score (nSPS) is 16.6. The van der Waals surface area contributed by atoms with E-state index in [0.29, 0.717) is 5.56 Å². The molecular weight excluding hydrogens is 244 g/mol. The summed E-state index contributed by atoms with van der Waals surface area (Å²) in [5.41, 5.74) is 0.524. The molecule has 0 saturated heterocycles. The van der Waals surface area contributed by atoms with Crippen LogP contribution in [-0.2, 0) is 4.79 Å². The van der Waals surface area contributed by atoms with E-state index in [1.807, 2.05) is 0 Å². The smallest absolute Gasteiger partial charge is 0.387 e. The standard InChI is InChI=1S/C12H13F2NO3/c13-12(14)18-9-5-1-7(2-6-9)10(11(16)17)15-8-3-4-8/h1-2,5-6,8,10,12,15H,3-4H2,(H,16,17). The zero-order chi connectivity index (χ0) is 13.1. The third-order valence-electron chi connectivity index (χ3n) is 2.67. The monoisotopic (exact) mass is 257 g/mol. The van der Waals surface area contributed by atoms with Gasteiger partial charge in [-0.15, -0.1) is 0 Å². The Bertz CT molecular complexity index is 418. The van der Waals surface area contributed by atoms with Crippen LogP contribution in [0.15, 0.2) is 24.3 Å². The number of carboxylic acids is 1.